The molecular weight excluding hydrogens is 378 g/mol. The summed E-state index contributed by atoms with van der Waals surface area (Å²) in [5.41, 5.74) is 3.21. The molecule has 0 radical (unpaired) electrons. The second kappa shape index (κ2) is 6.88. The maximum atomic E-state index is 9.52. The van der Waals surface area contributed by atoms with Crippen LogP contribution in [0.15, 0.2) is 42.9 Å². The van der Waals surface area contributed by atoms with Crippen molar-refractivity contribution in [3.63, 3.8) is 0 Å². The Morgan fingerprint density at radius 1 is 1.11 bits per heavy atom. The lowest BCUT2D eigenvalue weighted by Crippen LogP contribution is -2.35. The molecule has 8 nitrogen and oxygen atoms in total. The number of rotatable bonds is 5. The highest BCUT2D eigenvalue weighted by Crippen LogP contribution is 2.27. The highest BCUT2D eigenvalue weighted by atomic mass is 35.5. The molecule has 4 aromatic rings. The van der Waals surface area contributed by atoms with Crippen molar-refractivity contribution in [1.29, 1.82) is 0 Å². The Bertz CT molecular complexity index is 1130. The molecule has 0 bridgehead atoms. The number of aromatic nitrogens is 6. The van der Waals surface area contributed by atoms with Gasteiger partial charge in [-0.3, -0.25) is 4.68 Å². The van der Waals surface area contributed by atoms with Crippen LogP contribution < -0.4 is 5.32 Å². The molecule has 2 N–H and O–H groups in total. The molecule has 28 heavy (non-hydrogen) atoms. The number of hydrogen-bond donors (Lipinski definition) is 2. The van der Waals surface area contributed by atoms with E-state index < -0.39 is 5.54 Å². The fraction of sp³-hybridized carbons (Fsp3) is 0.263. The molecule has 0 atom stereocenters. The Morgan fingerprint density at radius 2 is 1.86 bits per heavy atom. The number of nitrogens with zero attached hydrogens (tertiary/aromatic N) is 6. The molecular formula is C19H20ClN7O. The van der Waals surface area contributed by atoms with Crippen LogP contribution in [0.1, 0.15) is 13.8 Å². The van der Waals surface area contributed by atoms with Crippen molar-refractivity contribution in [2.75, 3.05) is 11.9 Å². The predicted molar refractivity (Wildman–Crippen MR) is 108 cm³/mol. The molecule has 0 aliphatic heterocycles. The zero-order valence-electron chi connectivity index (χ0n) is 15.8. The summed E-state index contributed by atoms with van der Waals surface area (Å²) in [7, 11) is 1.85. The summed E-state index contributed by atoms with van der Waals surface area (Å²) in [6.45, 7) is 3.70. The third kappa shape index (κ3) is 3.56. The SMILES string of the molecule is Cn1cc(-c2nc(-c3ccc(Cl)cc3)cn3nc(NC(C)(C)CO)nc23)cn1. The Hall–Kier alpha value is -2.97. The van der Waals surface area contributed by atoms with E-state index in [0.717, 1.165) is 16.8 Å². The van der Waals surface area contributed by atoms with Crippen LogP contribution in [0.3, 0.4) is 0 Å². The van der Waals surface area contributed by atoms with Gasteiger partial charge in [-0.1, -0.05) is 23.7 Å². The van der Waals surface area contributed by atoms with E-state index in [1.165, 1.54) is 0 Å². The molecule has 9 heteroatoms. The van der Waals surface area contributed by atoms with Gasteiger partial charge in [-0.05, 0) is 26.0 Å². The molecule has 144 valence electrons. The van der Waals surface area contributed by atoms with Gasteiger partial charge in [-0.25, -0.2) is 9.50 Å². The minimum Gasteiger partial charge on any atom is -0.394 e. The quantitative estimate of drug-likeness (QED) is 0.537. The van der Waals surface area contributed by atoms with Crippen LogP contribution in [0.25, 0.3) is 28.2 Å². The van der Waals surface area contributed by atoms with Gasteiger partial charge in [-0.2, -0.15) is 10.1 Å². The smallest absolute Gasteiger partial charge is 0.243 e. The molecule has 0 aliphatic carbocycles. The number of fused-ring (bicyclic) bond motifs is 1. The summed E-state index contributed by atoms with van der Waals surface area (Å²) >= 11 is 6.01. The minimum atomic E-state index is -0.550. The molecule has 1 aromatic carbocycles. The van der Waals surface area contributed by atoms with Crippen LogP contribution in [0.2, 0.25) is 5.02 Å². The summed E-state index contributed by atoms with van der Waals surface area (Å²) in [5, 5.41) is 22.1. The Morgan fingerprint density at radius 3 is 2.50 bits per heavy atom. The number of aryl methyl sites for hydroxylation is 1. The first-order valence-electron chi connectivity index (χ1n) is 8.76. The summed E-state index contributed by atoms with van der Waals surface area (Å²) < 4.78 is 3.40. The first-order chi connectivity index (χ1) is 13.3. The maximum absolute atomic E-state index is 9.52. The fourth-order valence-corrected chi connectivity index (χ4v) is 2.91. The summed E-state index contributed by atoms with van der Waals surface area (Å²) in [5.74, 6) is 0.416. The number of aliphatic hydroxyl groups excluding tert-OH is 1. The second-order valence-electron chi connectivity index (χ2n) is 7.25. The van der Waals surface area contributed by atoms with Gasteiger partial charge in [0.1, 0.15) is 5.69 Å². The number of anilines is 1. The molecule has 0 aliphatic rings. The number of benzene rings is 1. The van der Waals surface area contributed by atoms with E-state index >= 15 is 0 Å². The van der Waals surface area contributed by atoms with Gasteiger partial charge < -0.3 is 10.4 Å². The molecule has 3 aromatic heterocycles. The number of aliphatic hydroxyl groups is 1. The lowest BCUT2D eigenvalue weighted by molar-refractivity contribution is 0.233. The lowest BCUT2D eigenvalue weighted by atomic mass is 10.1. The van der Waals surface area contributed by atoms with E-state index in [9.17, 15) is 5.11 Å². The zero-order chi connectivity index (χ0) is 19.9. The molecule has 0 unspecified atom stereocenters. The van der Waals surface area contributed by atoms with Crippen LogP contribution >= 0.6 is 11.6 Å². The number of nitrogens with one attached hydrogen (secondary N) is 1. The van der Waals surface area contributed by atoms with Crippen molar-refractivity contribution in [3.05, 3.63) is 47.9 Å². The van der Waals surface area contributed by atoms with Gasteiger partial charge in [0.05, 0.1) is 30.2 Å². The summed E-state index contributed by atoms with van der Waals surface area (Å²) in [4.78, 5) is 9.41. The predicted octanol–water partition coefficient (Wildman–Crippen LogP) is 3.03. The highest BCUT2D eigenvalue weighted by Gasteiger charge is 2.21. The van der Waals surface area contributed by atoms with Crippen molar-refractivity contribution in [2.24, 2.45) is 7.05 Å². The van der Waals surface area contributed by atoms with Crippen molar-refractivity contribution in [1.82, 2.24) is 29.4 Å². The third-order valence-corrected chi connectivity index (χ3v) is 4.54. The van der Waals surface area contributed by atoms with Crippen LogP contribution in [-0.4, -0.2) is 46.6 Å². The van der Waals surface area contributed by atoms with Crippen molar-refractivity contribution < 1.29 is 5.11 Å². The van der Waals surface area contributed by atoms with Crippen LogP contribution in [0.4, 0.5) is 5.95 Å². The standard InChI is InChI=1S/C19H20ClN7O/c1-19(2,11-28)24-18-23-17-16(13-8-21-26(3)9-13)22-15(10-27(17)25-18)12-4-6-14(20)7-5-12/h4-10,28H,11H2,1-3H3,(H,24,25). The minimum absolute atomic E-state index is 0.0493. The Kier molecular flexibility index (Phi) is 4.52. The average Bonchev–Trinajstić information content (AvgIpc) is 3.26. The first-order valence-corrected chi connectivity index (χ1v) is 9.14. The van der Waals surface area contributed by atoms with Crippen LogP contribution in [-0.2, 0) is 7.05 Å². The molecule has 4 rings (SSSR count). The Balaban J connectivity index is 1.89. The topological polar surface area (TPSA) is 93.2 Å². The van der Waals surface area contributed by atoms with E-state index in [1.807, 2.05) is 57.6 Å². The van der Waals surface area contributed by atoms with Gasteiger partial charge in [0.2, 0.25) is 5.95 Å². The molecule has 0 amide bonds. The van der Waals surface area contributed by atoms with E-state index in [2.05, 4.69) is 20.5 Å². The highest BCUT2D eigenvalue weighted by molar-refractivity contribution is 6.30. The average molecular weight is 398 g/mol. The van der Waals surface area contributed by atoms with Gasteiger partial charge in [-0.15, -0.1) is 5.10 Å². The molecule has 0 saturated heterocycles. The molecule has 0 fully saturated rings. The fourth-order valence-electron chi connectivity index (χ4n) is 2.78. The van der Waals surface area contributed by atoms with E-state index in [4.69, 9.17) is 16.6 Å². The van der Waals surface area contributed by atoms with E-state index in [-0.39, 0.29) is 6.61 Å². The van der Waals surface area contributed by atoms with Crippen LogP contribution in [0.5, 0.6) is 0 Å². The van der Waals surface area contributed by atoms with Gasteiger partial charge in [0.25, 0.3) is 0 Å². The largest absolute Gasteiger partial charge is 0.394 e. The van der Waals surface area contributed by atoms with Gasteiger partial charge >= 0.3 is 0 Å². The summed E-state index contributed by atoms with van der Waals surface area (Å²) in [6, 6.07) is 7.47. The molecule has 0 spiro atoms. The lowest BCUT2D eigenvalue weighted by Gasteiger charge is -2.21. The maximum Gasteiger partial charge on any atom is 0.243 e. The normalized spacial score (nSPS) is 11.9. The Labute approximate surface area is 166 Å². The third-order valence-electron chi connectivity index (χ3n) is 4.28. The summed E-state index contributed by atoms with van der Waals surface area (Å²) in [6.07, 6.45) is 5.45. The zero-order valence-corrected chi connectivity index (χ0v) is 16.5. The van der Waals surface area contributed by atoms with Crippen molar-refractivity contribution in [3.8, 4) is 22.5 Å². The number of hydrogen-bond acceptors (Lipinski definition) is 6. The number of halogens is 1. The second-order valence-corrected chi connectivity index (χ2v) is 7.69. The molecule has 0 saturated carbocycles. The van der Waals surface area contributed by atoms with Crippen molar-refractivity contribution >= 4 is 23.2 Å². The van der Waals surface area contributed by atoms with Gasteiger partial charge in [0, 0.05) is 29.4 Å². The van der Waals surface area contributed by atoms with Crippen molar-refractivity contribution in [2.45, 2.75) is 19.4 Å². The monoisotopic (exact) mass is 397 g/mol. The first kappa shape index (κ1) is 18.4. The van der Waals surface area contributed by atoms with E-state index in [1.54, 1.807) is 15.4 Å². The van der Waals surface area contributed by atoms with Gasteiger partial charge in [0.15, 0.2) is 5.65 Å². The van der Waals surface area contributed by atoms with Crippen LogP contribution in [0, 0.1) is 0 Å². The van der Waals surface area contributed by atoms with E-state index in [0.29, 0.717) is 22.3 Å². The molecule has 3 heterocycles.